The summed E-state index contributed by atoms with van der Waals surface area (Å²) < 4.78 is 1.96. The molecule has 1 aromatic heterocycles. The van der Waals surface area contributed by atoms with Crippen LogP contribution in [0.15, 0.2) is 41.8 Å². The van der Waals surface area contributed by atoms with Crippen LogP contribution in [0.5, 0.6) is 0 Å². The normalized spacial score (nSPS) is 10.5. The summed E-state index contributed by atoms with van der Waals surface area (Å²) in [5, 5.41) is 9.41. The highest BCUT2D eigenvalue weighted by molar-refractivity contribution is 7.99. The monoisotopic (exact) mass is 262 g/mol. The van der Waals surface area contributed by atoms with Crippen LogP contribution in [0.4, 0.5) is 0 Å². The summed E-state index contributed by atoms with van der Waals surface area (Å²) in [4.78, 5) is 14.7. The summed E-state index contributed by atoms with van der Waals surface area (Å²) in [5.41, 5.74) is 2.40. The Kier molecular flexibility index (Phi) is 4.04. The number of nitrogens with zero attached hydrogens (tertiary/aromatic N) is 2. The summed E-state index contributed by atoms with van der Waals surface area (Å²) in [6, 6.07) is 8.24. The fourth-order valence-electron chi connectivity index (χ4n) is 1.69. The molecule has 0 aliphatic carbocycles. The molecular formula is C13H14N2O2S. The summed E-state index contributed by atoms with van der Waals surface area (Å²) in [5.74, 6) is -0.796. The molecule has 94 valence electrons. The van der Waals surface area contributed by atoms with Gasteiger partial charge in [-0.1, -0.05) is 41.6 Å². The number of aromatic nitrogens is 2. The summed E-state index contributed by atoms with van der Waals surface area (Å²) in [7, 11) is 0. The molecule has 1 N–H and O–H groups in total. The molecule has 1 heterocycles. The minimum absolute atomic E-state index is 0.0326. The van der Waals surface area contributed by atoms with Crippen LogP contribution in [0.2, 0.25) is 0 Å². The number of thioether (sulfide) groups is 1. The van der Waals surface area contributed by atoms with Gasteiger partial charge in [0.15, 0.2) is 5.16 Å². The van der Waals surface area contributed by atoms with Crippen molar-refractivity contribution in [2.75, 3.05) is 5.75 Å². The Bertz CT molecular complexity index is 551. The zero-order valence-electron chi connectivity index (χ0n) is 10.0. The Balaban J connectivity index is 2.10. The van der Waals surface area contributed by atoms with Crippen molar-refractivity contribution in [3.63, 3.8) is 0 Å². The van der Waals surface area contributed by atoms with Gasteiger partial charge in [0.05, 0.1) is 5.75 Å². The number of carboxylic acid groups (broad SMARTS) is 1. The maximum absolute atomic E-state index is 10.6. The van der Waals surface area contributed by atoms with E-state index in [2.05, 4.69) is 30.1 Å². The van der Waals surface area contributed by atoms with Crippen LogP contribution in [-0.2, 0) is 11.3 Å². The Morgan fingerprint density at radius 2 is 2.33 bits per heavy atom. The third-order valence-electron chi connectivity index (χ3n) is 2.44. The summed E-state index contributed by atoms with van der Waals surface area (Å²) >= 11 is 1.24. The molecule has 0 saturated carbocycles. The molecule has 0 bridgehead atoms. The molecule has 0 unspecified atom stereocenters. The average molecular weight is 262 g/mol. The minimum atomic E-state index is -0.829. The lowest BCUT2D eigenvalue weighted by Gasteiger charge is -2.07. The first-order valence-corrected chi connectivity index (χ1v) is 6.55. The first-order valence-electron chi connectivity index (χ1n) is 5.56. The van der Waals surface area contributed by atoms with E-state index in [9.17, 15) is 4.79 Å². The average Bonchev–Trinajstić information content (AvgIpc) is 2.74. The van der Waals surface area contributed by atoms with Crippen LogP contribution < -0.4 is 0 Å². The molecule has 0 radical (unpaired) electrons. The molecule has 0 spiro atoms. The Hall–Kier alpha value is -1.75. The molecule has 0 aliphatic heterocycles. The van der Waals surface area contributed by atoms with E-state index in [0.717, 1.165) is 5.16 Å². The molecule has 0 fully saturated rings. The van der Waals surface area contributed by atoms with Crippen molar-refractivity contribution >= 4 is 17.7 Å². The highest BCUT2D eigenvalue weighted by atomic mass is 32.2. The first kappa shape index (κ1) is 12.7. The fourth-order valence-corrected chi connectivity index (χ4v) is 2.37. The Morgan fingerprint density at radius 1 is 1.50 bits per heavy atom. The lowest BCUT2D eigenvalue weighted by molar-refractivity contribution is -0.133. The molecule has 2 rings (SSSR count). The van der Waals surface area contributed by atoms with Gasteiger partial charge in [-0.05, 0) is 12.5 Å². The smallest absolute Gasteiger partial charge is 0.313 e. The molecule has 18 heavy (non-hydrogen) atoms. The Labute approximate surface area is 110 Å². The maximum atomic E-state index is 10.6. The predicted molar refractivity (Wildman–Crippen MR) is 70.9 cm³/mol. The van der Waals surface area contributed by atoms with Crippen molar-refractivity contribution < 1.29 is 9.90 Å². The molecule has 2 aromatic rings. The molecule has 0 saturated heterocycles. The number of aliphatic carboxylic acids is 1. The number of aryl methyl sites for hydroxylation is 1. The van der Waals surface area contributed by atoms with Crippen LogP contribution in [0.1, 0.15) is 11.1 Å². The van der Waals surface area contributed by atoms with Gasteiger partial charge in [0, 0.05) is 18.9 Å². The SMILES string of the molecule is Cc1cccc(Cn2ccnc2SCC(=O)O)c1. The number of carbonyl (C=O) groups is 1. The van der Waals surface area contributed by atoms with Crippen LogP contribution in [0.3, 0.4) is 0 Å². The van der Waals surface area contributed by atoms with Crippen LogP contribution >= 0.6 is 11.8 Å². The van der Waals surface area contributed by atoms with Crippen molar-refractivity contribution in [3.8, 4) is 0 Å². The van der Waals surface area contributed by atoms with Gasteiger partial charge in [0.2, 0.25) is 0 Å². The molecule has 0 atom stereocenters. The lowest BCUT2D eigenvalue weighted by atomic mass is 10.1. The summed E-state index contributed by atoms with van der Waals surface area (Å²) in [6.45, 7) is 2.77. The van der Waals surface area contributed by atoms with Crippen molar-refractivity contribution in [1.29, 1.82) is 0 Å². The predicted octanol–water partition coefficient (Wildman–Crippen LogP) is 2.42. The largest absolute Gasteiger partial charge is 0.481 e. The van der Waals surface area contributed by atoms with E-state index in [-0.39, 0.29) is 5.75 Å². The van der Waals surface area contributed by atoms with Gasteiger partial charge < -0.3 is 9.67 Å². The van der Waals surface area contributed by atoms with E-state index < -0.39 is 5.97 Å². The van der Waals surface area contributed by atoms with Crippen molar-refractivity contribution in [1.82, 2.24) is 9.55 Å². The third-order valence-corrected chi connectivity index (χ3v) is 3.43. The fraction of sp³-hybridized carbons (Fsp3) is 0.231. The van der Waals surface area contributed by atoms with Gasteiger partial charge in [0.25, 0.3) is 0 Å². The lowest BCUT2D eigenvalue weighted by Crippen LogP contribution is -2.03. The van der Waals surface area contributed by atoms with E-state index in [1.807, 2.05) is 16.8 Å². The number of benzene rings is 1. The van der Waals surface area contributed by atoms with E-state index in [4.69, 9.17) is 5.11 Å². The first-order chi connectivity index (χ1) is 8.65. The van der Waals surface area contributed by atoms with E-state index in [0.29, 0.717) is 6.54 Å². The van der Waals surface area contributed by atoms with Gasteiger partial charge in [-0.15, -0.1) is 0 Å². The van der Waals surface area contributed by atoms with Crippen LogP contribution in [0, 0.1) is 6.92 Å². The number of hydrogen-bond acceptors (Lipinski definition) is 3. The molecular weight excluding hydrogens is 248 g/mol. The number of rotatable bonds is 5. The second-order valence-electron chi connectivity index (χ2n) is 4.01. The Morgan fingerprint density at radius 3 is 3.06 bits per heavy atom. The third kappa shape index (κ3) is 3.37. The standard InChI is InChI=1S/C13H14N2O2S/c1-10-3-2-4-11(7-10)8-15-6-5-14-13(15)18-9-12(16)17/h2-7H,8-9H2,1H3,(H,16,17). The van der Waals surface area contributed by atoms with Gasteiger partial charge >= 0.3 is 5.97 Å². The van der Waals surface area contributed by atoms with Gasteiger partial charge in [-0.3, -0.25) is 4.79 Å². The zero-order chi connectivity index (χ0) is 13.0. The highest BCUT2D eigenvalue weighted by Crippen LogP contribution is 2.17. The number of carboxylic acids is 1. The van der Waals surface area contributed by atoms with Crippen molar-refractivity contribution in [2.45, 2.75) is 18.6 Å². The van der Waals surface area contributed by atoms with Crippen molar-refractivity contribution in [2.24, 2.45) is 0 Å². The van der Waals surface area contributed by atoms with Crippen molar-refractivity contribution in [3.05, 3.63) is 47.8 Å². The quantitative estimate of drug-likeness (QED) is 0.841. The number of imidazole rings is 1. The van der Waals surface area contributed by atoms with Gasteiger partial charge in [-0.25, -0.2) is 4.98 Å². The topological polar surface area (TPSA) is 55.1 Å². The highest BCUT2D eigenvalue weighted by Gasteiger charge is 2.06. The molecule has 0 amide bonds. The van der Waals surface area contributed by atoms with E-state index in [1.165, 1.54) is 22.9 Å². The second-order valence-corrected chi connectivity index (χ2v) is 4.95. The molecule has 1 aromatic carbocycles. The molecule has 0 aliphatic rings. The van der Waals surface area contributed by atoms with E-state index in [1.54, 1.807) is 6.20 Å². The van der Waals surface area contributed by atoms with Gasteiger partial charge in [0.1, 0.15) is 0 Å². The summed E-state index contributed by atoms with van der Waals surface area (Å²) in [6.07, 6.45) is 3.56. The second kappa shape index (κ2) is 5.73. The number of hydrogen-bond donors (Lipinski definition) is 1. The van der Waals surface area contributed by atoms with Crippen LogP contribution in [0.25, 0.3) is 0 Å². The molecule has 4 nitrogen and oxygen atoms in total. The maximum Gasteiger partial charge on any atom is 0.313 e. The minimum Gasteiger partial charge on any atom is -0.481 e. The zero-order valence-corrected chi connectivity index (χ0v) is 10.9. The van der Waals surface area contributed by atoms with Crippen LogP contribution in [-0.4, -0.2) is 26.4 Å². The molecule has 5 heteroatoms. The van der Waals surface area contributed by atoms with Gasteiger partial charge in [-0.2, -0.15) is 0 Å². The van der Waals surface area contributed by atoms with E-state index >= 15 is 0 Å².